The van der Waals surface area contributed by atoms with Crippen molar-refractivity contribution in [2.45, 2.75) is 64.1 Å². The second-order valence-electron chi connectivity index (χ2n) is 13.8. The zero-order valence-corrected chi connectivity index (χ0v) is 29.7. The van der Waals surface area contributed by atoms with Crippen LogP contribution in [0.1, 0.15) is 48.6 Å². The summed E-state index contributed by atoms with van der Waals surface area (Å²) in [5.74, 6) is -0.101. The molecule has 0 saturated carbocycles. The molecule has 11 nitrogen and oxygen atoms in total. The molecule has 0 radical (unpaired) electrons. The smallest absolute Gasteiger partial charge is 0.289 e. The van der Waals surface area contributed by atoms with Crippen LogP contribution in [0.15, 0.2) is 58.5 Å². The third kappa shape index (κ3) is 6.26. The third-order valence-electron chi connectivity index (χ3n) is 10.6. The van der Waals surface area contributed by atoms with Crippen LogP contribution in [-0.4, -0.2) is 74.3 Å². The first kappa shape index (κ1) is 33.7. The van der Waals surface area contributed by atoms with E-state index in [1.165, 1.54) is 43.2 Å². The number of aryl methyl sites for hydroxylation is 3. The molecule has 2 aliphatic heterocycles. The fraction of sp³-hybridized carbons (Fsp3) is 0.421. The number of nitrogens with one attached hydrogen (secondary N) is 1. The van der Waals surface area contributed by atoms with Crippen LogP contribution < -0.4 is 21.3 Å². The van der Waals surface area contributed by atoms with Gasteiger partial charge in [-0.3, -0.25) is 14.5 Å². The molecule has 0 bridgehead atoms. The number of anilines is 3. The van der Waals surface area contributed by atoms with Crippen molar-refractivity contribution in [3.8, 4) is 16.8 Å². The number of benzene rings is 1. The molecule has 13 heteroatoms. The topological polar surface area (TPSA) is 118 Å². The number of aromatic nitrogens is 4. The Morgan fingerprint density at radius 2 is 1.92 bits per heavy atom. The van der Waals surface area contributed by atoms with Gasteiger partial charge in [0.05, 0.1) is 49.6 Å². The molecule has 2 fully saturated rings. The van der Waals surface area contributed by atoms with Gasteiger partial charge in [0.1, 0.15) is 22.0 Å². The summed E-state index contributed by atoms with van der Waals surface area (Å²) in [7, 11) is 1.62. The molecular formula is C38H42FN7O4S. The third-order valence-corrected chi connectivity index (χ3v) is 11.9. The van der Waals surface area contributed by atoms with Crippen LogP contribution in [0.3, 0.4) is 0 Å². The van der Waals surface area contributed by atoms with Crippen LogP contribution in [0, 0.1) is 5.82 Å². The summed E-state index contributed by atoms with van der Waals surface area (Å²) in [6, 6.07) is 8.96. The van der Waals surface area contributed by atoms with Crippen LogP contribution >= 0.6 is 11.3 Å². The van der Waals surface area contributed by atoms with Crippen molar-refractivity contribution in [3.05, 3.63) is 91.5 Å². The van der Waals surface area contributed by atoms with Crippen LogP contribution in [0.2, 0.25) is 0 Å². The van der Waals surface area contributed by atoms with Crippen molar-refractivity contribution in [2.75, 3.05) is 43.1 Å². The Bertz CT molecular complexity index is 2210. The van der Waals surface area contributed by atoms with Gasteiger partial charge in [-0.1, -0.05) is 13.3 Å². The van der Waals surface area contributed by atoms with Crippen LogP contribution in [0.25, 0.3) is 26.9 Å². The summed E-state index contributed by atoms with van der Waals surface area (Å²) < 4.78 is 24.0. The van der Waals surface area contributed by atoms with E-state index in [0.717, 1.165) is 82.4 Å². The highest BCUT2D eigenvalue weighted by molar-refractivity contribution is 7.19. The largest absolute Gasteiger partial charge is 0.392 e. The Kier molecular flexibility index (Phi) is 9.21. The number of halogens is 1. The Hall–Kier alpha value is -4.43. The minimum Gasteiger partial charge on any atom is -0.392 e. The van der Waals surface area contributed by atoms with Crippen molar-refractivity contribution < 1.29 is 14.2 Å². The maximum Gasteiger partial charge on any atom is 0.289 e. The number of ether oxygens (including phenoxy) is 1. The first-order valence-electron chi connectivity index (χ1n) is 17.8. The van der Waals surface area contributed by atoms with Gasteiger partial charge in [0.25, 0.3) is 11.1 Å². The monoisotopic (exact) mass is 711 g/mol. The van der Waals surface area contributed by atoms with Crippen molar-refractivity contribution in [3.63, 3.8) is 0 Å². The molecule has 0 spiro atoms. The number of hydrogen-bond donors (Lipinski definition) is 2. The van der Waals surface area contributed by atoms with Crippen LogP contribution in [0.4, 0.5) is 21.6 Å². The van der Waals surface area contributed by atoms with Crippen molar-refractivity contribution in [1.29, 1.82) is 0 Å². The maximum absolute atomic E-state index is 15.4. The molecule has 3 aliphatic rings. The lowest BCUT2D eigenvalue weighted by molar-refractivity contribution is -0.0700. The van der Waals surface area contributed by atoms with Gasteiger partial charge in [0.15, 0.2) is 0 Å². The van der Waals surface area contributed by atoms with E-state index in [2.05, 4.69) is 32.1 Å². The van der Waals surface area contributed by atoms with E-state index in [9.17, 15) is 14.7 Å². The number of aliphatic hydroxyl groups excluding tert-OH is 1. The Balaban J connectivity index is 1.09. The molecule has 266 valence electrons. The van der Waals surface area contributed by atoms with Crippen molar-refractivity contribution in [2.24, 2.45) is 7.05 Å². The molecule has 1 aromatic carbocycles. The van der Waals surface area contributed by atoms with E-state index in [1.54, 1.807) is 25.5 Å². The lowest BCUT2D eigenvalue weighted by atomic mass is 9.97. The van der Waals surface area contributed by atoms with Gasteiger partial charge >= 0.3 is 0 Å². The zero-order chi connectivity index (χ0) is 35.2. The van der Waals surface area contributed by atoms with Crippen molar-refractivity contribution >= 4 is 38.6 Å². The molecule has 4 aromatic heterocycles. The van der Waals surface area contributed by atoms with Gasteiger partial charge in [0.2, 0.25) is 0 Å². The Labute approximate surface area is 298 Å². The fourth-order valence-electron chi connectivity index (χ4n) is 7.84. The Morgan fingerprint density at radius 1 is 1.08 bits per heavy atom. The summed E-state index contributed by atoms with van der Waals surface area (Å²) >= 11 is 1.48. The molecular weight excluding hydrogens is 670 g/mol. The number of piperazine rings is 1. The van der Waals surface area contributed by atoms with Crippen molar-refractivity contribution in [1.82, 2.24) is 24.2 Å². The molecule has 0 amide bonds. The molecule has 8 rings (SSSR count). The van der Waals surface area contributed by atoms with Crippen LogP contribution in [0.5, 0.6) is 0 Å². The Morgan fingerprint density at radius 3 is 2.67 bits per heavy atom. The minimum absolute atomic E-state index is 0.162. The van der Waals surface area contributed by atoms with Gasteiger partial charge in [-0.15, -0.1) is 11.3 Å². The SMILES string of the molecule is CCCC1CN(C2COC2)CCN1c1ccc(Nc2cc(-c3cc(F)cc(-n4ncc5c6c(sc5c4=O)CCCC6)c3CO)cn(C)c2=O)nc1. The molecule has 1 atom stereocenters. The van der Waals surface area contributed by atoms with E-state index < -0.39 is 12.4 Å². The summed E-state index contributed by atoms with van der Waals surface area (Å²) in [6.45, 7) is 6.24. The molecule has 2 saturated heterocycles. The first-order chi connectivity index (χ1) is 24.8. The predicted octanol–water partition coefficient (Wildman–Crippen LogP) is 5.15. The second kappa shape index (κ2) is 13.9. The summed E-state index contributed by atoms with van der Waals surface area (Å²) in [6.07, 6.45) is 11.3. The number of fused-ring (bicyclic) bond motifs is 3. The van der Waals surface area contributed by atoms with E-state index >= 15 is 4.39 Å². The van der Waals surface area contributed by atoms with E-state index in [1.807, 2.05) is 18.3 Å². The molecule has 6 heterocycles. The minimum atomic E-state index is -0.597. The number of pyridine rings is 2. The van der Waals surface area contributed by atoms with E-state index in [0.29, 0.717) is 39.3 Å². The highest BCUT2D eigenvalue weighted by Crippen LogP contribution is 2.36. The molecule has 51 heavy (non-hydrogen) atoms. The molecule has 1 aliphatic carbocycles. The van der Waals surface area contributed by atoms with Gasteiger partial charge in [-0.2, -0.15) is 9.78 Å². The average molecular weight is 712 g/mol. The summed E-state index contributed by atoms with van der Waals surface area (Å²) in [5, 5.41) is 19.1. The number of thiophene rings is 1. The van der Waals surface area contributed by atoms with Gasteiger partial charge in [0, 0.05) is 66.4 Å². The molecule has 2 N–H and O–H groups in total. The summed E-state index contributed by atoms with van der Waals surface area (Å²) in [5.41, 5.74) is 3.15. The number of rotatable bonds is 9. The van der Waals surface area contributed by atoms with Gasteiger partial charge in [-0.05, 0) is 67.5 Å². The van der Waals surface area contributed by atoms with Crippen LogP contribution in [-0.2, 0) is 31.2 Å². The van der Waals surface area contributed by atoms with E-state index in [-0.39, 0.29) is 22.5 Å². The lowest BCUT2D eigenvalue weighted by Gasteiger charge is -2.47. The normalized spacial score (nSPS) is 18.2. The highest BCUT2D eigenvalue weighted by atomic mass is 32.1. The molecule has 1 unspecified atom stereocenters. The van der Waals surface area contributed by atoms with Gasteiger partial charge < -0.3 is 24.6 Å². The zero-order valence-electron chi connectivity index (χ0n) is 28.9. The quantitative estimate of drug-likeness (QED) is 0.214. The molecule has 5 aromatic rings. The highest BCUT2D eigenvalue weighted by Gasteiger charge is 2.34. The van der Waals surface area contributed by atoms with E-state index in [4.69, 9.17) is 4.74 Å². The second-order valence-corrected chi connectivity index (χ2v) is 14.9. The number of nitrogens with zero attached hydrogens (tertiary/aromatic N) is 6. The first-order valence-corrected chi connectivity index (χ1v) is 18.6. The standard InChI is InChI=1S/C38H42FN7O4S/c1-3-6-26-19-44(27-21-50-22-27)11-12-45(26)25-9-10-35(40-16-25)42-32-13-23(18-43(2)37(32)48)29-14-24(39)15-33(31(29)20-47)46-38(49)36-30(17-41-46)28-7-4-5-8-34(28)51-36/h9-10,13-18,26-27,47H,3-8,11-12,19-22H2,1-2H3,(H,40,42). The fourth-order valence-corrected chi connectivity index (χ4v) is 9.13. The maximum atomic E-state index is 15.4. The lowest BCUT2D eigenvalue weighted by Crippen LogP contribution is -2.60. The van der Waals surface area contributed by atoms with Gasteiger partial charge in [-0.25, -0.2) is 9.37 Å². The summed E-state index contributed by atoms with van der Waals surface area (Å²) in [4.78, 5) is 38.0. The predicted molar refractivity (Wildman–Crippen MR) is 198 cm³/mol. The average Bonchev–Trinajstić information content (AvgIpc) is 3.50. The number of hydrogen-bond acceptors (Lipinski definition) is 10. The number of aliphatic hydroxyl groups is 1.